The van der Waals surface area contributed by atoms with Crippen LogP contribution in [0, 0.1) is 6.92 Å². The van der Waals surface area contributed by atoms with Gasteiger partial charge in [0, 0.05) is 54.3 Å². The first-order valence-corrected chi connectivity index (χ1v) is 15.4. The van der Waals surface area contributed by atoms with E-state index in [0.717, 1.165) is 44.6 Å². The lowest BCUT2D eigenvalue weighted by Gasteiger charge is -2.12. The standard InChI is InChI=1S/C39H26N4S/c1-25-31(16-10-22-40-25)27-20-18-26(19-21-27)30-23-33-32-15-8-9-17-35(32)44-36(33)34(24-30)39-42-37(28-11-4-2-5-12-28)41-38(43-39)29-13-6-3-7-14-29/h2-24H,1H3. The lowest BCUT2D eigenvalue weighted by atomic mass is 9.96. The van der Waals surface area contributed by atoms with Crippen LogP contribution < -0.4 is 0 Å². The zero-order valence-electron chi connectivity index (χ0n) is 24.0. The van der Waals surface area contributed by atoms with E-state index in [1.165, 1.54) is 20.2 Å². The molecule has 0 spiro atoms. The number of hydrogen-bond donors (Lipinski definition) is 0. The predicted molar refractivity (Wildman–Crippen MR) is 182 cm³/mol. The van der Waals surface area contributed by atoms with Gasteiger partial charge in [-0.25, -0.2) is 15.0 Å². The summed E-state index contributed by atoms with van der Waals surface area (Å²) in [6, 6.07) is 46.3. The highest BCUT2D eigenvalue weighted by Crippen LogP contribution is 2.42. The van der Waals surface area contributed by atoms with E-state index >= 15 is 0 Å². The molecule has 44 heavy (non-hydrogen) atoms. The number of nitrogens with zero attached hydrogens (tertiary/aromatic N) is 4. The molecule has 3 aromatic heterocycles. The quantitative estimate of drug-likeness (QED) is 0.203. The highest BCUT2D eigenvalue weighted by molar-refractivity contribution is 7.26. The van der Waals surface area contributed by atoms with E-state index in [0.29, 0.717) is 17.5 Å². The second-order valence-electron chi connectivity index (χ2n) is 10.8. The van der Waals surface area contributed by atoms with Gasteiger partial charge in [-0.1, -0.05) is 109 Å². The van der Waals surface area contributed by atoms with Crippen LogP contribution in [-0.4, -0.2) is 19.9 Å². The average molecular weight is 583 g/mol. The maximum Gasteiger partial charge on any atom is 0.165 e. The van der Waals surface area contributed by atoms with Crippen molar-refractivity contribution in [1.82, 2.24) is 19.9 Å². The largest absolute Gasteiger partial charge is 0.261 e. The molecule has 0 saturated heterocycles. The molecule has 0 fully saturated rings. The van der Waals surface area contributed by atoms with Crippen LogP contribution in [0.3, 0.4) is 0 Å². The van der Waals surface area contributed by atoms with Crippen molar-refractivity contribution in [3.05, 3.63) is 145 Å². The van der Waals surface area contributed by atoms with Gasteiger partial charge < -0.3 is 0 Å². The molecular formula is C39H26N4S. The SMILES string of the molecule is Cc1ncccc1-c1ccc(-c2cc(-c3nc(-c4ccccc4)nc(-c4ccccc4)n3)c3sc4ccccc4c3c2)cc1. The van der Waals surface area contributed by atoms with Crippen molar-refractivity contribution >= 4 is 31.5 Å². The summed E-state index contributed by atoms with van der Waals surface area (Å²) in [6.07, 6.45) is 1.84. The molecule has 0 radical (unpaired) electrons. The van der Waals surface area contributed by atoms with Crippen LogP contribution in [0.25, 0.3) is 76.6 Å². The first-order chi connectivity index (χ1) is 21.7. The topological polar surface area (TPSA) is 51.6 Å². The lowest BCUT2D eigenvalue weighted by molar-refractivity contribution is 1.08. The Morgan fingerprint density at radius 1 is 0.455 bits per heavy atom. The van der Waals surface area contributed by atoms with Gasteiger partial charge in [0.05, 0.1) is 0 Å². The summed E-state index contributed by atoms with van der Waals surface area (Å²) in [6.45, 7) is 2.05. The normalized spacial score (nSPS) is 11.3. The minimum Gasteiger partial charge on any atom is -0.261 e. The maximum absolute atomic E-state index is 5.10. The molecule has 0 saturated carbocycles. The molecule has 0 aliphatic carbocycles. The number of aryl methyl sites for hydroxylation is 1. The van der Waals surface area contributed by atoms with Gasteiger partial charge >= 0.3 is 0 Å². The number of benzene rings is 5. The van der Waals surface area contributed by atoms with Crippen molar-refractivity contribution in [2.45, 2.75) is 6.92 Å². The Morgan fingerprint density at radius 3 is 1.75 bits per heavy atom. The summed E-state index contributed by atoms with van der Waals surface area (Å²) in [7, 11) is 0. The van der Waals surface area contributed by atoms with Crippen molar-refractivity contribution in [2.24, 2.45) is 0 Å². The Hall–Kier alpha value is -5.52. The molecule has 0 atom stereocenters. The molecule has 8 rings (SSSR count). The molecule has 5 aromatic carbocycles. The summed E-state index contributed by atoms with van der Waals surface area (Å²) in [5, 5.41) is 2.44. The lowest BCUT2D eigenvalue weighted by Crippen LogP contribution is -2.00. The zero-order chi connectivity index (χ0) is 29.5. The van der Waals surface area contributed by atoms with Gasteiger partial charge in [-0.15, -0.1) is 11.3 Å². The number of hydrogen-bond acceptors (Lipinski definition) is 5. The fourth-order valence-corrected chi connectivity index (χ4v) is 6.91. The van der Waals surface area contributed by atoms with E-state index < -0.39 is 0 Å². The van der Waals surface area contributed by atoms with Gasteiger partial charge in [-0.05, 0) is 47.9 Å². The van der Waals surface area contributed by atoms with E-state index in [2.05, 4.69) is 71.7 Å². The van der Waals surface area contributed by atoms with Crippen molar-refractivity contribution in [2.75, 3.05) is 0 Å². The van der Waals surface area contributed by atoms with Gasteiger partial charge in [0.25, 0.3) is 0 Å². The van der Waals surface area contributed by atoms with E-state index in [-0.39, 0.29) is 0 Å². The predicted octanol–water partition coefficient (Wildman–Crippen LogP) is 10.3. The Bertz CT molecular complexity index is 2220. The zero-order valence-corrected chi connectivity index (χ0v) is 24.8. The molecule has 0 bridgehead atoms. The van der Waals surface area contributed by atoms with Crippen molar-refractivity contribution in [1.29, 1.82) is 0 Å². The molecule has 0 unspecified atom stereocenters. The first kappa shape index (κ1) is 26.1. The van der Waals surface area contributed by atoms with Crippen LogP contribution >= 0.6 is 11.3 Å². The number of thiophene rings is 1. The molecule has 3 heterocycles. The van der Waals surface area contributed by atoms with Gasteiger partial charge in [-0.3, -0.25) is 4.98 Å². The van der Waals surface area contributed by atoms with Crippen LogP contribution in [0.4, 0.5) is 0 Å². The van der Waals surface area contributed by atoms with E-state index in [9.17, 15) is 0 Å². The van der Waals surface area contributed by atoms with Crippen LogP contribution in [-0.2, 0) is 0 Å². The van der Waals surface area contributed by atoms with E-state index in [4.69, 9.17) is 15.0 Å². The summed E-state index contributed by atoms with van der Waals surface area (Å²) < 4.78 is 2.41. The summed E-state index contributed by atoms with van der Waals surface area (Å²) in [5.74, 6) is 1.98. The van der Waals surface area contributed by atoms with Gasteiger partial charge in [0.2, 0.25) is 0 Å². The molecule has 0 aliphatic heterocycles. The Morgan fingerprint density at radius 2 is 1.07 bits per heavy atom. The highest BCUT2D eigenvalue weighted by Gasteiger charge is 2.18. The molecule has 0 N–H and O–H groups in total. The smallest absolute Gasteiger partial charge is 0.165 e. The van der Waals surface area contributed by atoms with Crippen LogP contribution in [0.1, 0.15) is 5.69 Å². The summed E-state index contributed by atoms with van der Waals surface area (Å²) in [4.78, 5) is 19.6. The van der Waals surface area contributed by atoms with Crippen molar-refractivity contribution in [3.8, 4) is 56.4 Å². The van der Waals surface area contributed by atoms with Gasteiger partial charge in [-0.2, -0.15) is 0 Å². The number of rotatable bonds is 5. The average Bonchev–Trinajstić information content (AvgIpc) is 3.47. The van der Waals surface area contributed by atoms with Crippen LogP contribution in [0.5, 0.6) is 0 Å². The van der Waals surface area contributed by atoms with Gasteiger partial charge in [0.1, 0.15) is 0 Å². The summed E-state index contributed by atoms with van der Waals surface area (Å²) >= 11 is 1.78. The second kappa shape index (κ2) is 11.0. The Kier molecular flexibility index (Phi) is 6.51. The molecule has 4 nitrogen and oxygen atoms in total. The van der Waals surface area contributed by atoms with Crippen LogP contribution in [0.15, 0.2) is 140 Å². The molecule has 8 aromatic rings. The molecule has 208 valence electrons. The van der Waals surface area contributed by atoms with Gasteiger partial charge in [0.15, 0.2) is 17.5 Å². The molecule has 5 heteroatoms. The fraction of sp³-hybridized carbons (Fsp3) is 0.0256. The van der Waals surface area contributed by atoms with Crippen LogP contribution in [0.2, 0.25) is 0 Å². The van der Waals surface area contributed by atoms with E-state index in [1.807, 2.05) is 79.9 Å². The maximum atomic E-state index is 5.10. The molecule has 0 amide bonds. The molecular weight excluding hydrogens is 557 g/mol. The Labute approximate surface area is 259 Å². The fourth-order valence-electron chi connectivity index (χ4n) is 5.72. The van der Waals surface area contributed by atoms with Crippen molar-refractivity contribution < 1.29 is 0 Å². The monoisotopic (exact) mass is 582 g/mol. The third kappa shape index (κ3) is 4.74. The highest BCUT2D eigenvalue weighted by atomic mass is 32.1. The number of pyridine rings is 1. The van der Waals surface area contributed by atoms with E-state index in [1.54, 1.807) is 11.3 Å². The first-order valence-electron chi connectivity index (χ1n) is 14.6. The number of fused-ring (bicyclic) bond motifs is 3. The minimum atomic E-state index is 0.658. The van der Waals surface area contributed by atoms with Crippen molar-refractivity contribution in [3.63, 3.8) is 0 Å². The third-order valence-electron chi connectivity index (χ3n) is 7.95. The second-order valence-corrected chi connectivity index (χ2v) is 11.8. The number of aromatic nitrogens is 4. The Balaban J connectivity index is 1.36. The summed E-state index contributed by atoms with van der Waals surface area (Å²) in [5.41, 5.74) is 8.49. The third-order valence-corrected chi connectivity index (χ3v) is 9.17. The minimum absolute atomic E-state index is 0.658. The molecule has 0 aliphatic rings.